The van der Waals surface area contributed by atoms with Gasteiger partial charge >= 0.3 is 0 Å². The van der Waals surface area contributed by atoms with Gasteiger partial charge in [0.2, 0.25) is 0 Å². The molecular formula is C17H23NO. The van der Waals surface area contributed by atoms with Crippen molar-refractivity contribution in [3.05, 3.63) is 34.9 Å². The average Bonchev–Trinajstić information content (AvgIpc) is 3.12. The minimum absolute atomic E-state index is 0.218. The van der Waals surface area contributed by atoms with Crippen molar-refractivity contribution in [2.45, 2.75) is 57.2 Å². The van der Waals surface area contributed by atoms with Crippen LogP contribution in [0, 0.1) is 5.41 Å². The number of hydrogen-bond acceptors (Lipinski definition) is 2. The molecule has 2 N–H and O–H groups in total. The lowest BCUT2D eigenvalue weighted by atomic mass is 9.70. The number of hydrogen-bond donors (Lipinski definition) is 1. The molecule has 2 fully saturated rings. The maximum Gasteiger partial charge on any atom is 0.0652 e. The molecule has 0 amide bonds. The number of nitrogens with two attached hydrogens (primary N) is 1. The molecule has 19 heavy (non-hydrogen) atoms. The van der Waals surface area contributed by atoms with Gasteiger partial charge in [0.05, 0.1) is 12.2 Å². The first-order valence-electron chi connectivity index (χ1n) is 7.75. The Kier molecular flexibility index (Phi) is 2.71. The van der Waals surface area contributed by atoms with E-state index in [2.05, 4.69) is 18.2 Å². The number of ether oxygens (including phenoxy) is 1. The minimum Gasteiger partial charge on any atom is -0.374 e. The summed E-state index contributed by atoms with van der Waals surface area (Å²) in [4.78, 5) is 0. The molecule has 1 aromatic carbocycles. The summed E-state index contributed by atoms with van der Waals surface area (Å²) in [5.74, 6) is 0. The summed E-state index contributed by atoms with van der Waals surface area (Å²) in [7, 11) is 0. The van der Waals surface area contributed by atoms with Gasteiger partial charge in [0.25, 0.3) is 0 Å². The Morgan fingerprint density at radius 2 is 2.11 bits per heavy atom. The monoisotopic (exact) mass is 257 g/mol. The first kappa shape index (κ1) is 11.9. The Balaban J connectivity index is 1.60. The van der Waals surface area contributed by atoms with E-state index in [4.69, 9.17) is 10.5 Å². The summed E-state index contributed by atoms with van der Waals surface area (Å²) in [5.41, 5.74) is 11.0. The Labute approximate surface area is 115 Å². The molecule has 2 aliphatic heterocycles. The second-order valence-corrected chi connectivity index (χ2v) is 6.73. The predicted molar refractivity (Wildman–Crippen MR) is 76.2 cm³/mol. The van der Waals surface area contributed by atoms with Crippen LogP contribution in [0.3, 0.4) is 0 Å². The topological polar surface area (TPSA) is 35.2 Å². The molecule has 2 nitrogen and oxygen atoms in total. The smallest absolute Gasteiger partial charge is 0.0652 e. The predicted octanol–water partition coefficient (Wildman–Crippen LogP) is 2.61. The fourth-order valence-electron chi connectivity index (χ4n) is 4.51. The summed E-state index contributed by atoms with van der Waals surface area (Å²) in [6.07, 6.45) is 9.51. The van der Waals surface area contributed by atoms with Crippen LogP contribution in [0.4, 0.5) is 0 Å². The fourth-order valence-corrected chi connectivity index (χ4v) is 4.51. The van der Waals surface area contributed by atoms with E-state index in [1.807, 2.05) is 0 Å². The molecule has 2 bridgehead atoms. The van der Waals surface area contributed by atoms with Crippen LogP contribution < -0.4 is 5.73 Å². The van der Waals surface area contributed by atoms with Gasteiger partial charge in [-0.2, -0.15) is 0 Å². The van der Waals surface area contributed by atoms with Crippen LogP contribution in [-0.2, 0) is 24.0 Å². The normalized spacial score (nSPS) is 35.8. The van der Waals surface area contributed by atoms with Gasteiger partial charge in [-0.15, -0.1) is 0 Å². The van der Waals surface area contributed by atoms with E-state index in [-0.39, 0.29) is 5.41 Å². The molecule has 4 rings (SSSR count). The molecule has 0 saturated carbocycles. The molecule has 2 saturated heterocycles. The maximum atomic E-state index is 6.14. The van der Waals surface area contributed by atoms with Gasteiger partial charge in [-0.05, 0) is 61.6 Å². The van der Waals surface area contributed by atoms with Gasteiger partial charge in [-0.25, -0.2) is 0 Å². The molecule has 1 aromatic rings. The lowest BCUT2D eigenvalue weighted by Crippen LogP contribution is -2.41. The number of aryl methyl sites for hydroxylation is 2. The third kappa shape index (κ3) is 1.85. The molecule has 0 aromatic heterocycles. The average molecular weight is 257 g/mol. The van der Waals surface area contributed by atoms with Crippen LogP contribution in [0.2, 0.25) is 0 Å². The van der Waals surface area contributed by atoms with E-state index >= 15 is 0 Å². The molecule has 0 radical (unpaired) electrons. The van der Waals surface area contributed by atoms with Crippen molar-refractivity contribution >= 4 is 0 Å². The first-order chi connectivity index (χ1) is 9.29. The van der Waals surface area contributed by atoms with E-state index in [1.165, 1.54) is 44.1 Å². The van der Waals surface area contributed by atoms with Gasteiger partial charge < -0.3 is 10.5 Å². The third-order valence-electron chi connectivity index (χ3n) is 5.55. The number of fused-ring (bicyclic) bond motifs is 3. The Hall–Kier alpha value is -0.860. The van der Waals surface area contributed by atoms with E-state index in [1.54, 1.807) is 11.1 Å². The highest BCUT2D eigenvalue weighted by Crippen LogP contribution is 2.49. The molecule has 3 unspecified atom stereocenters. The Bertz CT molecular complexity index is 498. The van der Waals surface area contributed by atoms with Crippen LogP contribution in [0.1, 0.15) is 42.4 Å². The van der Waals surface area contributed by atoms with E-state index in [9.17, 15) is 0 Å². The van der Waals surface area contributed by atoms with Crippen LogP contribution in [0.15, 0.2) is 18.2 Å². The quantitative estimate of drug-likeness (QED) is 0.903. The van der Waals surface area contributed by atoms with Crippen molar-refractivity contribution in [3.8, 4) is 0 Å². The summed E-state index contributed by atoms with van der Waals surface area (Å²) in [5, 5.41) is 0. The molecule has 2 heterocycles. The van der Waals surface area contributed by atoms with E-state index in [0.29, 0.717) is 12.2 Å². The summed E-state index contributed by atoms with van der Waals surface area (Å²) < 4.78 is 6.06. The summed E-state index contributed by atoms with van der Waals surface area (Å²) >= 11 is 0. The van der Waals surface area contributed by atoms with Crippen molar-refractivity contribution < 1.29 is 4.74 Å². The lowest BCUT2D eigenvalue weighted by molar-refractivity contribution is 0.0636. The van der Waals surface area contributed by atoms with Gasteiger partial charge in [-0.1, -0.05) is 18.2 Å². The highest BCUT2D eigenvalue weighted by atomic mass is 16.5. The van der Waals surface area contributed by atoms with Crippen molar-refractivity contribution in [1.82, 2.24) is 0 Å². The molecule has 1 aliphatic carbocycles. The molecular weight excluding hydrogens is 234 g/mol. The Morgan fingerprint density at radius 3 is 2.84 bits per heavy atom. The van der Waals surface area contributed by atoms with E-state index in [0.717, 1.165) is 13.0 Å². The molecule has 102 valence electrons. The second kappa shape index (κ2) is 4.32. The molecule has 3 aliphatic rings. The SMILES string of the molecule is NCC1(Cc2ccc3c(c2)CCC3)CC2CCC1O2. The third-order valence-corrected chi connectivity index (χ3v) is 5.55. The van der Waals surface area contributed by atoms with Crippen molar-refractivity contribution in [2.24, 2.45) is 11.1 Å². The highest BCUT2D eigenvalue weighted by molar-refractivity contribution is 5.36. The molecule has 2 heteroatoms. The molecule has 0 spiro atoms. The fraction of sp³-hybridized carbons (Fsp3) is 0.647. The Morgan fingerprint density at radius 1 is 1.21 bits per heavy atom. The zero-order valence-corrected chi connectivity index (χ0v) is 11.5. The number of benzene rings is 1. The van der Waals surface area contributed by atoms with Crippen LogP contribution in [0.5, 0.6) is 0 Å². The second-order valence-electron chi connectivity index (χ2n) is 6.73. The zero-order valence-electron chi connectivity index (χ0n) is 11.5. The lowest BCUT2D eigenvalue weighted by Gasteiger charge is -2.34. The zero-order chi connectivity index (χ0) is 12.9. The highest BCUT2D eigenvalue weighted by Gasteiger charge is 2.51. The van der Waals surface area contributed by atoms with Crippen molar-refractivity contribution in [1.29, 1.82) is 0 Å². The van der Waals surface area contributed by atoms with Crippen LogP contribution in [0.25, 0.3) is 0 Å². The van der Waals surface area contributed by atoms with Crippen molar-refractivity contribution in [3.63, 3.8) is 0 Å². The van der Waals surface area contributed by atoms with Gasteiger partial charge in [-0.3, -0.25) is 0 Å². The largest absolute Gasteiger partial charge is 0.374 e. The minimum atomic E-state index is 0.218. The van der Waals surface area contributed by atoms with E-state index < -0.39 is 0 Å². The van der Waals surface area contributed by atoms with Gasteiger partial charge in [0.1, 0.15) is 0 Å². The number of rotatable bonds is 3. The maximum absolute atomic E-state index is 6.14. The molecule has 3 atom stereocenters. The standard InChI is InChI=1S/C17H23NO/c18-11-17(10-15-6-7-16(17)19-15)9-12-4-5-13-2-1-3-14(13)8-12/h4-5,8,15-16H,1-3,6-7,9-11,18H2. The van der Waals surface area contributed by atoms with Crippen LogP contribution >= 0.6 is 0 Å². The first-order valence-corrected chi connectivity index (χ1v) is 7.75. The summed E-state index contributed by atoms with van der Waals surface area (Å²) in [6.45, 7) is 0.769. The van der Waals surface area contributed by atoms with Crippen molar-refractivity contribution in [2.75, 3.05) is 6.54 Å². The van der Waals surface area contributed by atoms with Gasteiger partial charge in [0.15, 0.2) is 0 Å². The van der Waals surface area contributed by atoms with Crippen LogP contribution in [-0.4, -0.2) is 18.8 Å². The van der Waals surface area contributed by atoms with Gasteiger partial charge in [0, 0.05) is 12.0 Å². The summed E-state index contributed by atoms with van der Waals surface area (Å²) in [6, 6.07) is 7.11.